The number of benzene rings is 2. The monoisotopic (exact) mass is 629 g/mol. The number of urea groups is 1. The number of aryl methyl sites for hydroxylation is 2. The van der Waals surface area contributed by atoms with Crippen LogP contribution in [0.5, 0.6) is 5.75 Å². The molecule has 9 heteroatoms. The first-order chi connectivity index (χ1) is 22.3. The SMILES string of the molecule is COc1c(C)cc(CC(CC(=O)N2CCC(N3Cc4ccccc4NC3=O)CC2)C(=O)N2CCC(N3CCCCC3)CC2)cc1C. The number of methoxy groups -OCH3 is 1. The van der Waals surface area contributed by atoms with Crippen molar-refractivity contribution in [2.24, 2.45) is 5.92 Å². The molecule has 248 valence electrons. The highest BCUT2D eigenvalue weighted by Crippen LogP contribution is 2.30. The largest absolute Gasteiger partial charge is 0.496 e. The van der Waals surface area contributed by atoms with Crippen molar-refractivity contribution in [3.05, 3.63) is 58.7 Å². The molecule has 4 aliphatic rings. The molecule has 2 aromatic rings. The predicted octanol–water partition coefficient (Wildman–Crippen LogP) is 5.38. The predicted molar refractivity (Wildman–Crippen MR) is 180 cm³/mol. The normalized spacial score (nSPS) is 20.7. The maximum atomic E-state index is 14.2. The molecule has 1 unspecified atom stereocenters. The molecule has 2 aromatic carbocycles. The van der Waals surface area contributed by atoms with Crippen LogP contribution < -0.4 is 10.1 Å². The molecule has 0 spiro atoms. The molecule has 46 heavy (non-hydrogen) atoms. The number of rotatable bonds is 8. The van der Waals surface area contributed by atoms with Crippen LogP contribution in [0, 0.1) is 19.8 Å². The summed E-state index contributed by atoms with van der Waals surface area (Å²) in [6.07, 6.45) is 8.12. The number of anilines is 1. The molecule has 4 heterocycles. The maximum absolute atomic E-state index is 14.2. The number of carbonyl (C=O) groups is 3. The zero-order valence-electron chi connectivity index (χ0n) is 27.9. The number of nitrogens with one attached hydrogen (secondary N) is 1. The number of likely N-dealkylation sites (tertiary alicyclic amines) is 3. The number of piperidine rings is 3. The summed E-state index contributed by atoms with van der Waals surface area (Å²) in [5, 5.41) is 3.02. The number of nitrogens with zero attached hydrogens (tertiary/aromatic N) is 4. The van der Waals surface area contributed by atoms with Crippen LogP contribution >= 0.6 is 0 Å². The van der Waals surface area contributed by atoms with Gasteiger partial charge in [-0.3, -0.25) is 9.59 Å². The van der Waals surface area contributed by atoms with Crippen molar-refractivity contribution in [1.82, 2.24) is 19.6 Å². The minimum Gasteiger partial charge on any atom is -0.496 e. The molecular formula is C37H51N5O4. The van der Waals surface area contributed by atoms with Gasteiger partial charge < -0.3 is 29.7 Å². The second-order valence-corrected chi connectivity index (χ2v) is 13.8. The molecule has 9 nitrogen and oxygen atoms in total. The quantitative estimate of drug-likeness (QED) is 0.424. The highest BCUT2D eigenvalue weighted by Gasteiger charge is 2.36. The van der Waals surface area contributed by atoms with Gasteiger partial charge >= 0.3 is 6.03 Å². The number of amides is 4. The van der Waals surface area contributed by atoms with E-state index in [1.165, 1.54) is 32.4 Å². The fourth-order valence-electron chi connectivity index (χ4n) is 8.29. The third-order valence-corrected chi connectivity index (χ3v) is 10.8. The number of ether oxygens (including phenoxy) is 1. The first-order valence-corrected chi connectivity index (χ1v) is 17.4. The van der Waals surface area contributed by atoms with Crippen molar-refractivity contribution in [3.8, 4) is 5.75 Å². The Hall–Kier alpha value is -3.59. The second-order valence-electron chi connectivity index (χ2n) is 13.8. The average molecular weight is 630 g/mol. The van der Waals surface area contributed by atoms with E-state index in [9.17, 15) is 14.4 Å². The molecule has 0 radical (unpaired) electrons. The van der Waals surface area contributed by atoms with Gasteiger partial charge in [0.15, 0.2) is 0 Å². The van der Waals surface area contributed by atoms with Gasteiger partial charge in [0.25, 0.3) is 0 Å². The summed E-state index contributed by atoms with van der Waals surface area (Å²) in [5.41, 5.74) is 5.16. The molecule has 3 fully saturated rings. The Bertz CT molecular complexity index is 1380. The Morgan fingerprint density at radius 3 is 2.17 bits per heavy atom. The van der Waals surface area contributed by atoms with Crippen molar-refractivity contribution >= 4 is 23.5 Å². The molecule has 0 bridgehead atoms. The Morgan fingerprint density at radius 2 is 1.50 bits per heavy atom. The van der Waals surface area contributed by atoms with Crippen LogP contribution in [0.3, 0.4) is 0 Å². The van der Waals surface area contributed by atoms with Gasteiger partial charge in [-0.25, -0.2) is 4.79 Å². The summed E-state index contributed by atoms with van der Waals surface area (Å²) in [6, 6.07) is 12.7. The minimum absolute atomic E-state index is 0.0374. The highest BCUT2D eigenvalue weighted by molar-refractivity contribution is 5.92. The van der Waals surface area contributed by atoms with Gasteiger partial charge in [-0.1, -0.05) is 36.8 Å². The maximum Gasteiger partial charge on any atom is 0.322 e. The molecule has 1 N–H and O–H groups in total. The number of fused-ring (bicyclic) bond motifs is 1. The standard InChI is InChI=1S/C37H51N5O4/c1-26-21-28(22-27(2)35(26)46-3)23-30(36(44)41-19-11-31(12-20-41)39-15-7-4-8-16-39)24-34(43)40-17-13-32(14-18-40)42-25-29-9-5-6-10-33(29)38-37(42)45/h5-6,9-10,21-22,30-32H,4,7-8,11-20,23-25H2,1-3H3,(H,38,45). The summed E-state index contributed by atoms with van der Waals surface area (Å²) < 4.78 is 5.59. The number of carbonyl (C=O) groups excluding carboxylic acids is 3. The summed E-state index contributed by atoms with van der Waals surface area (Å²) in [4.78, 5) is 49.4. The third-order valence-electron chi connectivity index (χ3n) is 10.8. The van der Waals surface area contributed by atoms with Crippen LogP contribution in [0.15, 0.2) is 36.4 Å². The Morgan fingerprint density at radius 1 is 0.870 bits per heavy atom. The van der Waals surface area contributed by atoms with Gasteiger partial charge in [-0.05, 0) is 100 Å². The lowest BCUT2D eigenvalue weighted by molar-refractivity contribution is -0.143. The lowest BCUT2D eigenvalue weighted by atomic mass is 9.90. The smallest absolute Gasteiger partial charge is 0.322 e. The Labute approximate surface area is 274 Å². The molecule has 4 aliphatic heterocycles. The number of para-hydroxylation sites is 1. The average Bonchev–Trinajstić information content (AvgIpc) is 3.08. The second kappa shape index (κ2) is 14.4. The highest BCUT2D eigenvalue weighted by atomic mass is 16.5. The summed E-state index contributed by atoms with van der Waals surface area (Å²) >= 11 is 0. The van der Waals surface area contributed by atoms with Gasteiger partial charge in [0.1, 0.15) is 5.75 Å². The van der Waals surface area contributed by atoms with Gasteiger partial charge in [0, 0.05) is 56.9 Å². The van der Waals surface area contributed by atoms with Crippen molar-refractivity contribution in [2.75, 3.05) is 51.7 Å². The summed E-state index contributed by atoms with van der Waals surface area (Å²) in [7, 11) is 1.69. The van der Waals surface area contributed by atoms with E-state index in [1.807, 2.05) is 46.7 Å². The van der Waals surface area contributed by atoms with E-state index in [-0.39, 0.29) is 30.3 Å². The van der Waals surface area contributed by atoms with E-state index in [0.29, 0.717) is 32.1 Å². The van der Waals surface area contributed by atoms with Crippen molar-refractivity contribution in [1.29, 1.82) is 0 Å². The van der Waals surface area contributed by atoms with Crippen LogP contribution in [0.1, 0.15) is 73.6 Å². The van der Waals surface area contributed by atoms with E-state index in [2.05, 4.69) is 28.4 Å². The van der Waals surface area contributed by atoms with Crippen LogP contribution in [0.4, 0.5) is 10.5 Å². The molecule has 0 aromatic heterocycles. The molecule has 0 saturated carbocycles. The number of hydrogen-bond acceptors (Lipinski definition) is 5. The van der Waals surface area contributed by atoms with E-state index < -0.39 is 5.92 Å². The molecular weight excluding hydrogens is 578 g/mol. The van der Waals surface area contributed by atoms with E-state index in [4.69, 9.17) is 4.74 Å². The fourth-order valence-corrected chi connectivity index (χ4v) is 8.29. The molecule has 6 rings (SSSR count). The zero-order valence-corrected chi connectivity index (χ0v) is 27.9. The van der Waals surface area contributed by atoms with Gasteiger partial charge in [0.2, 0.25) is 11.8 Å². The molecule has 3 saturated heterocycles. The van der Waals surface area contributed by atoms with Crippen LogP contribution in [0.2, 0.25) is 0 Å². The van der Waals surface area contributed by atoms with Gasteiger partial charge in [-0.15, -0.1) is 0 Å². The summed E-state index contributed by atoms with van der Waals surface area (Å²) in [6.45, 7) is 9.73. The molecule has 4 amide bonds. The fraction of sp³-hybridized carbons (Fsp3) is 0.595. The van der Waals surface area contributed by atoms with Crippen LogP contribution in [0.25, 0.3) is 0 Å². The number of hydrogen-bond donors (Lipinski definition) is 1. The van der Waals surface area contributed by atoms with Crippen molar-refractivity contribution in [2.45, 2.75) is 90.3 Å². The van der Waals surface area contributed by atoms with E-state index in [0.717, 1.165) is 72.5 Å². The first kappa shape index (κ1) is 32.4. The van der Waals surface area contributed by atoms with Crippen LogP contribution in [-0.2, 0) is 22.6 Å². The Balaban J connectivity index is 1.10. The zero-order chi connectivity index (χ0) is 32.2. The molecule has 1 atom stereocenters. The van der Waals surface area contributed by atoms with Crippen molar-refractivity contribution < 1.29 is 19.1 Å². The lowest BCUT2D eigenvalue weighted by Crippen LogP contribution is -2.52. The van der Waals surface area contributed by atoms with Crippen LogP contribution in [-0.4, -0.2) is 95.9 Å². The van der Waals surface area contributed by atoms with Crippen molar-refractivity contribution in [3.63, 3.8) is 0 Å². The first-order valence-electron chi connectivity index (χ1n) is 17.4. The van der Waals surface area contributed by atoms with Gasteiger partial charge in [0.05, 0.1) is 13.0 Å². The van der Waals surface area contributed by atoms with Gasteiger partial charge in [-0.2, -0.15) is 0 Å². The molecule has 0 aliphatic carbocycles. The Kier molecular flexibility index (Phi) is 10.2. The summed E-state index contributed by atoms with van der Waals surface area (Å²) in [5.74, 6) is 0.607. The minimum atomic E-state index is -0.409. The lowest BCUT2D eigenvalue weighted by Gasteiger charge is -2.41. The topological polar surface area (TPSA) is 85.4 Å². The van der Waals surface area contributed by atoms with E-state index >= 15 is 0 Å². The van der Waals surface area contributed by atoms with E-state index in [1.54, 1.807) is 7.11 Å². The third kappa shape index (κ3) is 7.19.